The first kappa shape index (κ1) is 21.0. The van der Waals surface area contributed by atoms with Gasteiger partial charge in [0.05, 0.1) is 10.7 Å². The number of rotatable bonds is 5. The number of nitrogens with zero attached hydrogens (tertiary/aromatic N) is 5. The van der Waals surface area contributed by atoms with Crippen molar-refractivity contribution >= 4 is 23.1 Å². The van der Waals surface area contributed by atoms with Gasteiger partial charge in [0.2, 0.25) is 0 Å². The number of benzene rings is 1. The minimum Gasteiger partial charge on any atom is -0.373 e. The Labute approximate surface area is 192 Å². The quantitative estimate of drug-likeness (QED) is 0.646. The molecule has 1 atom stereocenters. The number of likely N-dealkylation sites (N-methyl/N-ethyl adjacent to an activating group) is 1. The second kappa shape index (κ2) is 8.96. The van der Waals surface area contributed by atoms with Crippen molar-refractivity contribution in [3.05, 3.63) is 69.1 Å². The second-order valence-corrected chi connectivity index (χ2v) is 9.56. The number of aromatic nitrogens is 3. The van der Waals surface area contributed by atoms with Crippen LogP contribution in [0.15, 0.2) is 35.7 Å². The number of likely N-dealkylation sites (tertiary alicyclic amines) is 1. The van der Waals surface area contributed by atoms with Gasteiger partial charge in [-0.15, -0.1) is 11.3 Å². The molecule has 3 aromatic rings. The summed E-state index contributed by atoms with van der Waals surface area (Å²) in [5, 5.41) is 6.11. The molecule has 166 valence electrons. The molecular formula is C24H28N6OS. The van der Waals surface area contributed by atoms with Crippen molar-refractivity contribution in [3.8, 4) is 0 Å². The van der Waals surface area contributed by atoms with E-state index in [0.29, 0.717) is 18.8 Å². The third-order valence-corrected chi connectivity index (χ3v) is 7.16. The molecule has 0 spiro atoms. The standard InChI is InChI=1S/C24H28N6OS/c1-25-23-18-14-29(2)10-9-19(18)27-22(28-23)17-8-11-30(13-17)24(31)20-15-32-21(26-20)12-16-6-4-3-5-7-16/h3-7,15,17H,8-14H2,1-2H3,(H,25,27,28)/t17-/m0/s1. The summed E-state index contributed by atoms with van der Waals surface area (Å²) in [6, 6.07) is 10.2. The Morgan fingerprint density at radius 3 is 2.84 bits per heavy atom. The zero-order chi connectivity index (χ0) is 22.1. The summed E-state index contributed by atoms with van der Waals surface area (Å²) in [7, 11) is 4.04. The van der Waals surface area contributed by atoms with Gasteiger partial charge < -0.3 is 15.1 Å². The molecule has 1 amide bonds. The highest BCUT2D eigenvalue weighted by atomic mass is 32.1. The van der Waals surface area contributed by atoms with Crippen LogP contribution in [-0.4, -0.2) is 64.4 Å². The topological polar surface area (TPSA) is 74.2 Å². The van der Waals surface area contributed by atoms with Gasteiger partial charge in [0, 0.05) is 62.9 Å². The molecule has 5 rings (SSSR count). The smallest absolute Gasteiger partial charge is 0.273 e. The predicted molar refractivity (Wildman–Crippen MR) is 126 cm³/mol. The average molecular weight is 449 g/mol. The van der Waals surface area contributed by atoms with Crippen molar-refractivity contribution in [2.45, 2.75) is 31.7 Å². The fraction of sp³-hybridized carbons (Fsp3) is 0.417. The van der Waals surface area contributed by atoms with Gasteiger partial charge >= 0.3 is 0 Å². The number of nitrogens with one attached hydrogen (secondary N) is 1. The van der Waals surface area contributed by atoms with Crippen LogP contribution in [0.4, 0.5) is 5.82 Å². The normalized spacial score (nSPS) is 18.6. The number of fused-ring (bicyclic) bond motifs is 1. The van der Waals surface area contributed by atoms with Gasteiger partial charge in [-0.2, -0.15) is 0 Å². The Kier molecular flexibility index (Phi) is 5.89. The van der Waals surface area contributed by atoms with Gasteiger partial charge in [0.1, 0.15) is 17.3 Å². The summed E-state index contributed by atoms with van der Waals surface area (Å²) in [5.74, 6) is 1.96. The number of hydrogen-bond acceptors (Lipinski definition) is 7. The van der Waals surface area contributed by atoms with E-state index >= 15 is 0 Å². The fourth-order valence-corrected chi connectivity index (χ4v) is 5.34. The van der Waals surface area contributed by atoms with Gasteiger partial charge in [-0.25, -0.2) is 15.0 Å². The van der Waals surface area contributed by atoms with Crippen molar-refractivity contribution < 1.29 is 4.79 Å². The molecule has 1 fully saturated rings. The number of carbonyl (C=O) groups excluding carboxylic acids is 1. The lowest BCUT2D eigenvalue weighted by atomic mass is 10.0. The van der Waals surface area contributed by atoms with Gasteiger partial charge in [-0.3, -0.25) is 4.79 Å². The molecule has 7 nitrogen and oxygen atoms in total. The van der Waals surface area contributed by atoms with Crippen molar-refractivity contribution in [2.24, 2.45) is 0 Å². The van der Waals surface area contributed by atoms with Gasteiger partial charge in [-0.1, -0.05) is 30.3 Å². The molecule has 2 aromatic heterocycles. The molecule has 1 saturated heterocycles. The highest BCUT2D eigenvalue weighted by Crippen LogP contribution is 2.30. The lowest BCUT2D eigenvalue weighted by Gasteiger charge is -2.26. The van der Waals surface area contributed by atoms with Crippen molar-refractivity contribution in [1.82, 2.24) is 24.8 Å². The average Bonchev–Trinajstić information content (AvgIpc) is 3.49. The number of carbonyl (C=O) groups is 1. The molecule has 0 saturated carbocycles. The van der Waals surface area contributed by atoms with Crippen molar-refractivity contribution in [3.63, 3.8) is 0 Å². The van der Waals surface area contributed by atoms with Gasteiger partial charge in [0.25, 0.3) is 5.91 Å². The van der Waals surface area contributed by atoms with E-state index in [1.807, 2.05) is 35.5 Å². The summed E-state index contributed by atoms with van der Waals surface area (Å²) >= 11 is 1.55. The van der Waals surface area contributed by atoms with Crippen LogP contribution in [0.3, 0.4) is 0 Å². The Bertz CT molecular complexity index is 1100. The van der Waals surface area contributed by atoms with Gasteiger partial charge in [0.15, 0.2) is 0 Å². The van der Waals surface area contributed by atoms with Crippen LogP contribution >= 0.6 is 11.3 Å². The van der Waals surface area contributed by atoms with Crippen LogP contribution < -0.4 is 5.32 Å². The molecule has 1 aromatic carbocycles. The van der Waals surface area contributed by atoms with E-state index in [0.717, 1.165) is 54.7 Å². The minimum absolute atomic E-state index is 0.0106. The predicted octanol–water partition coefficient (Wildman–Crippen LogP) is 3.18. The van der Waals surface area contributed by atoms with Crippen molar-refractivity contribution in [2.75, 3.05) is 39.0 Å². The van der Waals surface area contributed by atoms with Gasteiger partial charge in [-0.05, 0) is 19.0 Å². The fourth-order valence-electron chi connectivity index (χ4n) is 4.54. The van der Waals surface area contributed by atoms with Crippen LogP contribution in [0.2, 0.25) is 0 Å². The number of hydrogen-bond donors (Lipinski definition) is 1. The summed E-state index contributed by atoms with van der Waals surface area (Å²) in [6.45, 7) is 3.24. The molecule has 4 heterocycles. The molecule has 8 heteroatoms. The van der Waals surface area contributed by atoms with E-state index < -0.39 is 0 Å². The van der Waals surface area contributed by atoms with E-state index in [-0.39, 0.29) is 11.8 Å². The molecule has 1 N–H and O–H groups in total. The zero-order valence-electron chi connectivity index (χ0n) is 18.5. The van der Waals surface area contributed by atoms with Crippen LogP contribution in [-0.2, 0) is 19.4 Å². The molecule has 0 radical (unpaired) electrons. The Morgan fingerprint density at radius 2 is 2.03 bits per heavy atom. The first-order valence-electron chi connectivity index (χ1n) is 11.1. The maximum atomic E-state index is 13.1. The number of anilines is 1. The monoisotopic (exact) mass is 448 g/mol. The third kappa shape index (κ3) is 4.25. The molecule has 32 heavy (non-hydrogen) atoms. The zero-order valence-corrected chi connectivity index (χ0v) is 19.4. The van der Waals surface area contributed by atoms with E-state index in [1.54, 1.807) is 11.3 Å². The largest absolute Gasteiger partial charge is 0.373 e. The lowest BCUT2D eigenvalue weighted by molar-refractivity contribution is 0.0785. The number of amides is 1. The van der Waals surface area contributed by atoms with Crippen LogP contribution in [0, 0.1) is 0 Å². The molecule has 2 aliphatic heterocycles. The minimum atomic E-state index is 0.0106. The summed E-state index contributed by atoms with van der Waals surface area (Å²) in [5.41, 5.74) is 4.10. The molecule has 0 aliphatic carbocycles. The van der Waals surface area contributed by atoms with E-state index in [4.69, 9.17) is 9.97 Å². The van der Waals surface area contributed by atoms with E-state index in [1.165, 1.54) is 11.1 Å². The Hall–Kier alpha value is -2.84. The first-order chi connectivity index (χ1) is 15.6. The molecule has 0 bridgehead atoms. The Balaban J connectivity index is 1.28. The molecule has 2 aliphatic rings. The van der Waals surface area contributed by atoms with E-state index in [9.17, 15) is 4.79 Å². The van der Waals surface area contributed by atoms with Crippen LogP contribution in [0.5, 0.6) is 0 Å². The summed E-state index contributed by atoms with van der Waals surface area (Å²) in [6.07, 6.45) is 2.58. The summed E-state index contributed by atoms with van der Waals surface area (Å²) < 4.78 is 0. The molecular weight excluding hydrogens is 420 g/mol. The summed E-state index contributed by atoms with van der Waals surface area (Å²) in [4.78, 5) is 31.7. The number of thiazole rings is 1. The third-order valence-electron chi connectivity index (χ3n) is 6.31. The SMILES string of the molecule is CNc1nc([C@H]2CCN(C(=O)c3csc(Cc4ccccc4)n3)C2)nc2c1CN(C)CC2. The second-order valence-electron chi connectivity index (χ2n) is 8.62. The maximum Gasteiger partial charge on any atom is 0.273 e. The van der Waals surface area contributed by atoms with E-state index in [2.05, 4.69) is 34.4 Å². The van der Waals surface area contributed by atoms with Crippen molar-refractivity contribution in [1.29, 1.82) is 0 Å². The Morgan fingerprint density at radius 1 is 1.19 bits per heavy atom. The molecule has 0 unspecified atom stereocenters. The first-order valence-corrected chi connectivity index (χ1v) is 12.0. The highest BCUT2D eigenvalue weighted by Gasteiger charge is 2.32. The lowest BCUT2D eigenvalue weighted by Crippen LogP contribution is -2.30. The maximum absolute atomic E-state index is 13.1. The highest BCUT2D eigenvalue weighted by molar-refractivity contribution is 7.09. The van der Waals surface area contributed by atoms with Crippen LogP contribution in [0.25, 0.3) is 0 Å². The van der Waals surface area contributed by atoms with Crippen LogP contribution in [0.1, 0.15) is 50.5 Å².